The molecule has 0 fully saturated rings. The van der Waals surface area contributed by atoms with Gasteiger partial charge in [0.25, 0.3) is 0 Å². The Morgan fingerprint density at radius 3 is 2.42 bits per heavy atom. The maximum Gasteiger partial charge on any atom is 0.0294 e. The Labute approximate surface area is 118 Å². The summed E-state index contributed by atoms with van der Waals surface area (Å²) in [5.74, 6) is 0.732. The molecular weight excluding hydrogens is 230 g/mol. The molecule has 1 heteroatoms. The summed E-state index contributed by atoms with van der Waals surface area (Å²) in [5, 5.41) is 3.74. The molecular formula is C18H27N. The molecule has 0 aromatic heterocycles. The average molecular weight is 257 g/mol. The van der Waals surface area contributed by atoms with Crippen LogP contribution in [0.4, 0.5) is 0 Å². The number of benzene rings is 1. The van der Waals surface area contributed by atoms with Crippen LogP contribution in [0, 0.1) is 5.92 Å². The van der Waals surface area contributed by atoms with E-state index in [2.05, 4.69) is 62.5 Å². The molecule has 0 saturated carbocycles. The van der Waals surface area contributed by atoms with Crippen LogP contribution in [-0.4, -0.2) is 6.04 Å². The molecule has 2 unspecified atom stereocenters. The van der Waals surface area contributed by atoms with Crippen molar-refractivity contribution in [2.45, 2.75) is 58.5 Å². The van der Waals surface area contributed by atoms with Crippen molar-refractivity contribution in [3.63, 3.8) is 0 Å². The first-order valence-corrected chi connectivity index (χ1v) is 7.65. The summed E-state index contributed by atoms with van der Waals surface area (Å²) in [4.78, 5) is 0. The molecule has 19 heavy (non-hydrogen) atoms. The van der Waals surface area contributed by atoms with Crippen molar-refractivity contribution >= 4 is 0 Å². The minimum atomic E-state index is 0.449. The molecule has 0 amide bonds. The molecule has 1 nitrogen and oxygen atoms in total. The molecule has 1 N–H and O–H groups in total. The van der Waals surface area contributed by atoms with Gasteiger partial charge in [-0.3, -0.25) is 0 Å². The van der Waals surface area contributed by atoms with Gasteiger partial charge < -0.3 is 5.32 Å². The fourth-order valence-electron chi connectivity index (χ4n) is 2.81. The Morgan fingerprint density at radius 2 is 1.84 bits per heavy atom. The molecule has 2 atom stereocenters. The number of allylic oxidation sites excluding steroid dienone is 1. The van der Waals surface area contributed by atoms with Gasteiger partial charge >= 0.3 is 0 Å². The van der Waals surface area contributed by atoms with Gasteiger partial charge in [-0.2, -0.15) is 0 Å². The summed E-state index contributed by atoms with van der Waals surface area (Å²) in [7, 11) is 0. The van der Waals surface area contributed by atoms with Gasteiger partial charge in [-0.25, -0.2) is 0 Å². The molecule has 104 valence electrons. The van der Waals surface area contributed by atoms with Gasteiger partial charge in [0, 0.05) is 12.1 Å². The highest BCUT2D eigenvalue weighted by atomic mass is 14.9. The van der Waals surface area contributed by atoms with Crippen LogP contribution >= 0.6 is 0 Å². The van der Waals surface area contributed by atoms with Crippen LogP contribution in [0.25, 0.3) is 0 Å². The lowest BCUT2D eigenvalue weighted by Gasteiger charge is -2.24. The number of nitrogens with one attached hydrogen (secondary N) is 1. The van der Waals surface area contributed by atoms with Crippen molar-refractivity contribution in [2.24, 2.45) is 5.92 Å². The fourth-order valence-corrected chi connectivity index (χ4v) is 2.81. The summed E-state index contributed by atoms with van der Waals surface area (Å²) in [5.41, 5.74) is 2.86. The van der Waals surface area contributed by atoms with Gasteiger partial charge in [-0.15, -0.1) is 0 Å². The van der Waals surface area contributed by atoms with Gasteiger partial charge in [-0.05, 0) is 49.7 Å². The normalized spacial score (nSPS) is 20.7. The lowest BCUT2D eigenvalue weighted by Crippen LogP contribution is -2.32. The Kier molecular flexibility index (Phi) is 5.21. The zero-order chi connectivity index (χ0) is 13.7. The molecule has 1 aromatic rings. The Balaban J connectivity index is 1.91. The van der Waals surface area contributed by atoms with Crippen LogP contribution in [-0.2, 0) is 6.42 Å². The molecule has 0 spiro atoms. The zero-order valence-electron chi connectivity index (χ0n) is 12.5. The van der Waals surface area contributed by atoms with E-state index in [1.165, 1.54) is 36.8 Å². The first kappa shape index (κ1) is 14.3. The Morgan fingerprint density at radius 1 is 1.11 bits per heavy atom. The summed E-state index contributed by atoms with van der Waals surface area (Å²) in [6, 6.07) is 10.2. The smallest absolute Gasteiger partial charge is 0.0294 e. The van der Waals surface area contributed by atoms with Gasteiger partial charge in [0.05, 0.1) is 0 Å². The molecule has 0 bridgehead atoms. The minimum Gasteiger partial charge on any atom is -0.307 e. The standard InChI is InChI=1S/C18H27N/c1-14(2)13-16-9-11-17(12-10-16)15(3)19-18-7-5-4-6-8-18/h4-5,9-12,14-15,18-19H,6-8,13H2,1-3H3. The molecule has 0 heterocycles. The molecule has 1 aliphatic carbocycles. The third-order valence-electron chi connectivity index (χ3n) is 3.88. The van der Waals surface area contributed by atoms with Crippen LogP contribution in [0.15, 0.2) is 36.4 Å². The van der Waals surface area contributed by atoms with E-state index in [9.17, 15) is 0 Å². The van der Waals surface area contributed by atoms with Crippen molar-refractivity contribution in [3.8, 4) is 0 Å². The Bertz CT molecular complexity index is 402. The summed E-state index contributed by atoms with van der Waals surface area (Å²) < 4.78 is 0. The van der Waals surface area contributed by atoms with E-state index in [1.807, 2.05) is 0 Å². The van der Waals surface area contributed by atoms with Crippen molar-refractivity contribution in [1.82, 2.24) is 5.32 Å². The highest BCUT2D eigenvalue weighted by Crippen LogP contribution is 2.19. The summed E-state index contributed by atoms with van der Waals surface area (Å²) in [6.45, 7) is 6.82. The van der Waals surface area contributed by atoms with Crippen molar-refractivity contribution in [3.05, 3.63) is 47.5 Å². The molecule has 0 aliphatic heterocycles. The van der Waals surface area contributed by atoms with E-state index in [-0.39, 0.29) is 0 Å². The molecule has 1 aliphatic rings. The van der Waals surface area contributed by atoms with E-state index in [1.54, 1.807) is 0 Å². The molecule has 0 saturated heterocycles. The van der Waals surface area contributed by atoms with Crippen LogP contribution in [0.5, 0.6) is 0 Å². The predicted octanol–water partition coefficient (Wildman–Crippen LogP) is 4.64. The molecule has 1 aromatic carbocycles. The zero-order valence-corrected chi connectivity index (χ0v) is 12.5. The van der Waals surface area contributed by atoms with E-state index in [0.29, 0.717) is 12.1 Å². The number of hydrogen-bond acceptors (Lipinski definition) is 1. The van der Waals surface area contributed by atoms with Crippen LogP contribution < -0.4 is 5.32 Å². The van der Waals surface area contributed by atoms with Gasteiger partial charge in [0.1, 0.15) is 0 Å². The minimum absolute atomic E-state index is 0.449. The number of rotatable bonds is 5. The van der Waals surface area contributed by atoms with Crippen LogP contribution in [0.1, 0.15) is 57.2 Å². The monoisotopic (exact) mass is 257 g/mol. The number of hydrogen-bond donors (Lipinski definition) is 1. The average Bonchev–Trinajstić information content (AvgIpc) is 2.40. The maximum atomic E-state index is 3.74. The highest BCUT2D eigenvalue weighted by Gasteiger charge is 2.13. The summed E-state index contributed by atoms with van der Waals surface area (Å²) in [6.07, 6.45) is 9.44. The van der Waals surface area contributed by atoms with E-state index in [0.717, 1.165) is 5.92 Å². The predicted molar refractivity (Wildman–Crippen MR) is 83.3 cm³/mol. The molecule has 0 radical (unpaired) electrons. The topological polar surface area (TPSA) is 12.0 Å². The first-order chi connectivity index (χ1) is 9.15. The first-order valence-electron chi connectivity index (χ1n) is 7.65. The lowest BCUT2D eigenvalue weighted by molar-refractivity contribution is 0.426. The van der Waals surface area contributed by atoms with E-state index >= 15 is 0 Å². The van der Waals surface area contributed by atoms with E-state index < -0.39 is 0 Å². The van der Waals surface area contributed by atoms with Gasteiger partial charge in [0.2, 0.25) is 0 Å². The highest BCUT2D eigenvalue weighted by molar-refractivity contribution is 5.25. The second-order valence-corrected chi connectivity index (χ2v) is 6.21. The van der Waals surface area contributed by atoms with Crippen molar-refractivity contribution in [2.75, 3.05) is 0 Å². The summed E-state index contributed by atoms with van der Waals surface area (Å²) >= 11 is 0. The third-order valence-corrected chi connectivity index (χ3v) is 3.88. The SMILES string of the molecule is CC(C)Cc1ccc(C(C)NC2CC=CCC2)cc1. The fraction of sp³-hybridized carbons (Fsp3) is 0.556. The lowest BCUT2D eigenvalue weighted by atomic mass is 9.97. The van der Waals surface area contributed by atoms with Crippen molar-refractivity contribution in [1.29, 1.82) is 0 Å². The Hall–Kier alpha value is -1.08. The van der Waals surface area contributed by atoms with Crippen LogP contribution in [0.3, 0.4) is 0 Å². The maximum absolute atomic E-state index is 3.74. The van der Waals surface area contributed by atoms with Crippen molar-refractivity contribution < 1.29 is 0 Å². The molecule has 2 rings (SSSR count). The second kappa shape index (κ2) is 6.91. The third kappa shape index (κ3) is 4.50. The van der Waals surface area contributed by atoms with E-state index in [4.69, 9.17) is 0 Å². The quantitative estimate of drug-likeness (QED) is 0.757. The largest absolute Gasteiger partial charge is 0.307 e. The van der Waals surface area contributed by atoms with Crippen LogP contribution in [0.2, 0.25) is 0 Å². The second-order valence-electron chi connectivity index (χ2n) is 6.21. The van der Waals surface area contributed by atoms with Gasteiger partial charge in [-0.1, -0.05) is 50.3 Å². The van der Waals surface area contributed by atoms with Gasteiger partial charge in [0.15, 0.2) is 0 Å².